The van der Waals surface area contributed by atoms with Gasteiger partial charge in [-0.1, -0.05) is 22.0 Å². The van der Waals surface area contributed by atoms with E-state index in [2.05, 4.69) is 26.1 Å². The number of aromatic nitrogens is 3. The van der Waals surface area contributed by atoms with Crippen LogP contribution in [0.1, 0.15) is 11.7 Å². The van der Waals surface area contributed by atoms with E-state index in [1.807, 2.05) is 24.3 Å². The molecule has 0 amide bonds. The molecule has 0 saturated heterocycles. The molecule has 128 valence electrons. The summed E-state index contributed by atoms with van der Waals surface area (Å²) in [6.45, 7) is 1.48. The summed E-state index contributed by atoms with van der Waals surface area (Å²) in [6.07, 6.45) is 0. The first kappa shape index (κ1) is 16.3. The molecule has 0 aliphatic carbocycles. The first-order chi connectivity index (χ1) is 12.5. The van der Waals surface area contributed by atoms with Crippen LogP contribution in [0, 0.1) is 10.1 Å². The molecule has 0 atom stereocenters. The first-order valence-electron chi connectivity index (χ1n) is 7.69. The molecule has 2 heterocycles. The number of non-ortho nitro benzene ring substituents is 1. The number of nitro benzene ring substituents is 1. The van der Waals surface area contributed by atoms with E-state index in [-0.39, 0.29) is 11.6 Å². The van der Waals surface area contributed by atoms with E-state index < -0.39 is 4.92 Å². The van der Waals surface area contributed by atoms with Crippen LogP contribution >= 0.6 is 15.9 Å². The SMILES string of the molecule is CC(=O)n1c2cccc(Br)c2c2cc(-c3ccc([N+](=O)[O-])cc3)nnc21. The number of hydrogen-bond donors (Lipinski definition) is 0. The maximum atomic E-state index is 12.1. The number of carbonyl (C=O) groups is 1. The molecule has 4 rings (SSSR count). The van der Waals surface area contributed by atoms with Crippen molar-refractivity contribution < 1.29 is 9.72 Å². The molecule has 0 aliphatic heterocycles. The largest absolute Gasteiger partial charge is 0.274 e. The molecule has 0 unspecified atom stereocenters. The monoisotopic (exact) mass is 410 g/mol. The van der Waals surface area contributed by atoms with Gasteiger partial charge in [0.05, 0.1) is 16.1 Å². The lowest BCUT2D eigenvalue weighted by molar-refractivity contribution is -0.384. The minimum absolute atomic E-state index is 0.0127. The summed E-state index contributed by atoms with van der Waals surface area (Å²) in [6, 6.07) is 13.6. The van der Waals surface area contributed by atoms with Gasteiger partial charge in [0.15, 0.2) is 5.65 Å². The number of nitrogens with zero attached hydrogens (tertiary/aromatic N) is 4. The maximum Gasteiger partial charge on any atom is 0.269 e. The zero-order valence-electron chi connectivity index (χ0n) is 13.5. The van der Waals surface area contributed by atoms with E-state index in [1.165, 1.54) is 23.6 Å². The van der Waals surface area contributed by atoms with Crippen molar-refractivity contribution in [2.45, 2.75) is 6.92 Å². The van der Waals surface area contributed by atoms with Gasteiger partial charge in [-0.15, -0.1) is 10.2 Å². The lowest BCUT2D eigenvalue weighted by Gasteiger charge is -2.02. The maximum absolute atomic E-state index is 12.1. The lowest BCUT2D eigenvalue weighted by atomic mass is 10.1. The number of nitro groups is 1. The molecular formula is C18H11BrN4O3. The third-order valence-electron chi connectivity index (χ3n) is 4.18. The second kappa shape index (κ2) is 5.99. The van der Waals surface area contributed by atoms with Crippen molar-refractivity contribution in [1.29, 1.82) is 0 Å². The molecule has 0 saturated carbocycles. The molecule has 2 aromatic carbocycles. The van der Waals surface area contributed by atoms with Gasteiger partial charge in [0.2, 0.25) is 5.91 Å². The van der Waals surface area contributed by atoms with E-state index in [1.54, 1.807) is 12.1 Å². The van der Waals surface area contributed by atoms with Gasteiger partial charge in [0.1, 0.15) is 0 Å². The summed E-state index contributed by atoms with van der Waals surface area (Å²) in [7, 11) is 0. The van der Waals surface area contributed by atoms with E-state index in [4.69, 9.17) is 0 Å². The Labute approximate surface area is 155 Å². The highest BCUT2D eigenvalue weighted by atomic mass is 79.9. The molecule has 0 spiro atoms. The molecule has 26 heavy (non-hydrogen) atoms. The van der Waals surface area contributed by atoms with Crippen molar-refractivity contribution in [3.05, 3.63) is 63.1 Å². The Bertz CT molecular complexity index is 1200. The van der Waals surface area contributed by atoms with E-state index >= 15 is 0 Å². The highest BCUT2D eigenvalue weighted by molar-refractivity contribution is 9.10. The van der Waals surface area contributed by atoms with Crippen LogP contribution < -0.4 is 0 Å². The van der Waals surface area contributed by atoms with Crippen LogP contribution in [0.4, 0.5) is 5.69 Å². The number of rotatable bonds is 2. The van der Waals surface area contributed by atoms with E-state index in [0.717, 1.165) is 20.8 Å². The molecular weight excluding hydrogens is 400 g/mol. The molecule has 0 bridgehead atoms. The zero-order valence-corrected chi connectivity index (χ0v) is 15.1. The van der Waals surface area contributed by atoms with Crippen molar-refractivity contribution in [2.24, 2.45) is 0 Å². The molecule has 0 N–H and O–H groups in total. The van der Waals surface area contributed by atoms with Crippen LogP contribution in [0.25, 0.3) is 33.2 Å². The molecule has 7 nitrogen and oxygen atoms in total. The normalized spacial score (nSPS) is 11.2. The Hall–Kier alpha value is -3.13. The fourth-order valence-electron chi connectivity index (χ4n) is 3.03. The topological polar surface area (TPSA) is 90.9 Å². The average molecular weight is 411 g/mol. The summed E-state index contributed by atoms with van der Waals surface area (Å²) < 4.78 is 2.38. The molecule has 2 aromatic heterocycles. The Morgan fingerprint density at radius 1 is 1.15 bits per heavy atom. The fourth-order valence-corrected chi connectivity index (χ4v) is 3.60. The van der Waals surface area contributed by atoms with Gasteiger partial charge in [0, 0.05) is 39.9 Å². The number of benzene rings is 2. The highest BCUT2D eigenvalue weighted by Crippen LogP contribution is 2.34. The molecule has 4 aromatic rings. The van der Waals surface area contributed by atoms with Gasteiger partial charge < -0.3 is 0 Å². The van der Waals surface area contributed by atoms with Crippen molar-refractivity contribution >= 4 is 49.5 Å². The van der Waals surface area contributed by atoms with Gasteiger partial charge in [-0.3, -0.25) is 19.5 Å². The summed E-state index contributed by atoms with van der Waals surface area (Å²) >= 11 is 3.54. The van der Waals surface area contributed by atoms with Crippen molar-refractivity contribution in [3.8, 4) is 11.3 Å². The average Bonchev–Trinajstić information content (AvgIpc) is 2.96. The van der Waals surface area contributed by atoms with Crippen LogP contribution in [0.2, 0.25) is 0 Å². The Balaban J connectivity index is 1.99. The number of carbonyl (C=O) groups excluding carboxylic acids is 1. The van der Waals surface area contributed by atoms with Crippen molar-refractivity contribution in [1.82, 2.24) is 14.8 Å². The van der Waals surface area contributed by atoms with Gasteiger partial charge in [-0.2, -0.15) is 0 Å². The van der Waals surface area contributed by atoms with Gasteiger partial charge in [0.25, 0.3) is 5.69 Å². The van der Waals surface area contributed by atoms with Crippen LogP contribution in [0.5, 0.6) is 0 Å². The molecule has 8 heteroatoms. The molecule has 0 radical (unpaired) electrons. The van der Waals surface area contributed by atoms with Crippen molar-refractivity contribution in [2.75, 3.05) is 0 Å². The van der Waals surface area contributed by atoms with E-state index in [0.29, 0.717) is 16.9 Å². The summed E-state index contributed by atoms with van der Waals surface area (Å²) in [5, 5.41) is 20.9. The van der Waals surface area contributed by atoms with Crippen LogP contribution in [-0.2, 0) is 0 Å². The third-order valence-corrected chi connectivity index (χ3v) is 4.84. The smallest absolute Gasteiger partial charge is 0.269 e. The van der Waals surface area contributed by atoms with Gasteiger partial charge >= 0.3 is 0 Å². The van der Waals surface area contributed by atoms with Crippen LogP contribution in [0.15, 0.2) is 53.0 Å². The van der Waals surface area contributed by atoms with E-state index in [9.17, 15) is 14.9 Å². The van der Waals surface area contributed by atoms with Gasteiger partial charge in [-0.25, -0.2) is 0 Å². The Morgan fingerprint density at radius 2 is 1.88 bits per heavy atom. The first-order valence-corrected chi connectivity index (χ1v) is 8.49. The molecule has 0 fully saturated rings. The summed E-state index contributed by atoms with van der Waals surface area (Å²) in [5.74, 6) is -0.152. The molecule has 0 aliphatic rings. The Kier molecular flexibility index (Phi) is 3.77. The van der Waals surface area contributed by atoms with Crippen molar-refractivity contribution in [3.63, 3.8) is 0 Å². The predicted octanol–water partition coefficient (Wildman–Crippen LogP) is 4.58. The lowest BCUT2D eigenvalue weighted by Crippen LogP contribution is -2.06. The van der Waals surface area contributed by atoms with Crippen LogP contribution in [0.3, 0.4) is 0 Å². The summed E-state index contributed by atoms with van der Waals surface area (Å²) in [5.41, 5.74) is 2.52. The number of fused-ring (bicyclic) bond motifs is 3. The highest BCUT2D eigenvalue weighted by Gasteiger charge is 2.18. The fraction of sp³-hybridized carbons (Fsp3) is 0.0556. The zero-order chi connectivity index (χ0) is 18.4. The second-order valence-corrected chi connectivity index (χ2v) is 6.61. The number of hydrogen-bond acceptors (Lipinski definition) is 5. The standard InChI is InChI=1S/C18H11BrN4O3/c1-10(24)22-16-4-2-3-14(19)17(16)13-9-15(20-21-18(13)22)11-5-7-12(8-6-11)23(25)26/h2-9H,1H3. The predicted molar refractivity (Wildman–Crippen MR) is 101 cm³/mol. The minimum atomic E-state index is -0.448. The second-order valence-electron chi connectivity index (χ2n) is 5.76. The Morgan fingerprint density at radius 3 is 2.54 bits per heavy atom. The summed E-state index contributed by atoms with van der Waals surface area (Å²) in [4.78, 5) is 22.5. The van der Waals surface area contributed by atoms with Crippen LogP contribution in [-0.4, -0.2) is 25.6 Å². The third kappa shape index (κ3) is 2.46. The quantitative estimate of drug-likeness (QED) is 0.356. The minimum Gasteiger partial charge on any atom is -0.274 e. The van der Waals surface area contributed by atoms with Gasteiger partial charge in [-0.05, 0) is 30.3 Å². The number of halogens is 1.